The van der Waals surface area contributed by atoms with E-state index in [-0.39, 0.29) is 17.2 Å². The van der Waals surface area contributed by atoms with Gasteiger partial charge < -0.3 is 4.74 Å². The maximum absolute atomic E-state index is 12.9. The number of para-hydroxylation sites is 1. The summed E-state index contributed by atoms with van der Waals surface area (Å²) >= 11 is 0. The third kappa shape index (κ3) is 4.80. The molecule has 26 heavy (non-hydrogen) atoms. The van der Waals surface area contributed by atoms with Gasteiger partial charge in [-0.15, -0.1) is 0 Å². The molecule has 0 aliphatic heterocycles. The number of carbonyl (C=O) groups excluding carboxylic acids is 2. The molecule has 0 fully saturated rings. The van der Waals surface area contributed by atoms with E-state index in [2.05, 4.69) is 10.9 Å². The molecule has 1 atom stereocenters. The summed E-state index contributed by atoms with van der Waals surface area (Å²) in [5.74, 6) is -1.55. The highest BCUT2D eigenvalue weighted by Crippen LogP contribution is 2.20. The van der Waals surface area contributed by atoms with Gasteiger partial charge in [0.05, 0.1) is 5.56 Å². The second kappa shape index (κ2) is 8.62. The van der Waals surface area contributed by atoms with Crippen LogP contribution in [0.25, 0.3) is 0 Å². The Bertz CT molecular complexity index is 829. The first-order valence-corrected chi connectivity index (χ1v) is 7.94. The van der Waals surface area contributed by atoms with Crippen LogP contribution in [0.4, 0.5) is 4.39 Å². The lowest BCUT2D eigenvalue weighted by Gasteiger charge is -2.22. The number of amides is 2. The lowest BCUT2D eigenvalue weighted by atomic mass is 10.1. The van der Waals surface area contributed by atoms with Gasteiger partial charge in [0.2, 0.25) is 0 Å². The first-order valence-electron chi connectivity index (χ1n) is 7.94. The zero-order valence-corrected chi connectivity index (χ0v) is 14.3. The quantitative estimate of drug-likeness (QED) is 0.807. The fourth-order valence-corrected chi connectivity index (χ4v) is 2.15. The maximum Gasteiger partial charge on any atom is 0.279 e. The van der Waals surface area contributed by atoms with E-state index in [0.717, 1.165) is 12.1 Å². The third-order valence-electron chi connectivity index (χ3n) is 3.53. The number of carbonyl (C=O) groups is 2. The van der Waals surface area contributed by atoms with Crippen molar-refractivity contribution in [2.24, 2.45) is 5.92 Å². The fourth-order valence-electron chi connectivity index (χ4n) is 2.15. The van der Waals surface area contributed by atoms with Gasteiger partial charge in [-0.25, -0.2) is 4.39 Å². The molecule has 7 heteroatoms. The molecule has 2 N–H and O–H groups in total. The molecular weight excluding hydrogens is 337 g/mol. The molecule has 0 aliphatic carbocycles. The number of nitriles is 1. The molecule has 0 aromatic heterocycles. The van der Waals surface area contributed by atoms with Crippen molar-refractivity contribution < 1.29 is 18.7 Å². The average Bonchev–Trinajstić information content (AvgIpc) is 2.64. The zero-order valence-electron chi connectivity index (χ0n) is 14.3. The summed E-state index contributed by atoms with van der Waals surface area (Å²) in [5, 5.41) is 9.12. The zero-order chi connectivity index (χ0) is 19.1. The number of halogens is 1. The number of rotatable bonds is 5. The van der Waals surface area contributed by atoms with E-state index in [1.54, 1.807) is 38.1 Å². The molecule has 1 unspecified atom stereocenters. The SMILES string of the molecule is CC(C)C(Oc1ccccc1C#N)C(=O)NNC(=O)c1ccc(F)cc1. The Kier molecular flexibility index (Phi) is 6.28. The summed E-state index contributed by atoms with van der Waals surface area (Å²) in [4.78, 5) is 24.4. The normalized spacial score (nSPS) is 11.3. The highest BCUT2D eigenvalue weighted by molar-refractivity contribution is 5.95. The predicted molar refractivity (Wildman–Crippen MR) is 92.4 cm³/mol. The van der Waals surface area contributed by atoms with Crippen LogP contribution in [0.5, 0.6) is 5.75 Å². The topological polar surface area (TPSA) is 91.2 Å². The molecule has 2 amide bonds. The summed E-state index contributed by atoms with van der Waals surface area (Å²) in [5.41, 5.74) is 5.06. The largest absolute Gasteiger partial charge is 0.479 e. The van der Waals surface area contributed by atoms with Crippen molar-refractivity contribution in [3.05, 3.63) is 65.5 Å². The Labute approximate surface area is 150 Å². The van der Waals surface area contributed by atoms with Crippen LogP contribution in [0.2, 0.25) is 0 Å². The van der Waals surface area contributed by atoms with Gasteiger partial charge in [-0.3, -0.25) is 20.4 Å². The molecule has 134 valence electrons. The van der Waals surface area contributed by atoms with Gasteiger partial charge in [0.1, 0.15) is 17.6 Å². The van der Waals surface area contributed by atoms with Gasteiger partial charge in [0, 0.05) is 5.56 Å². The van der Waals surface area contributed by atoms with E-state index < -0.39 is 23.7 Å². The fraction of sp³-hybridized carbons (Fsp3) is 0.211. The minimum Gasteiger partial charge on any atom is -0.479 e. The summed E-state index contributed by atoms with van der Waals surface area (Å²) < 4.78 is 18.6. The number of benzene rings is 2. The highest BCUT2D eigenvalue weighted by Gasteiger charge is 2.25. The van der Waals surface area contributed by atoms with E-state index in [1.807, 2.05) is 6.07 Å². The van der Waals surface area contributed by atoms with Crippen molar-refractivity contribution in [3.8, 4) is 11.8 Å². The smallest absolute Gasteiger partial charge is 0.279 e. The molecule has 0 saturated heterocycles. The van der Waals surface area contributed by atoms with Crippen molar-refractivity contribution in [2.75, 3.05) is 0 Å². The molecule has 0 saturated carbocycles. The number of ether oxygens (including phenoxy) is 1. The van der Waals surface area contributed by atoms with Crippen LogP contribution in [-0.2, 0) is 4.79 Å². The first kappa shape index (κ1) is 18.9. The van der Waals surface area contributed by atoms with Crippen molar-refractivity contribution in [1.29, 1.82) is 5.26 Å². The lowest BCUT2D eigenvalue weighted by molar-refractivity contribution is -0.130. The second-order valence-electron chi connectivity index (χ2n) is 5.84. The van der Waals surface area contributed by atoms with Gasteiger partial charge in [-0.05, 0) is 42.3 Å². The number of hydrogen-bond donors (Lipinski definition) is 2. The van der Waals surface area contributed by atoms with E-state index in [1.165, 1.54) is 12.1 Å². The van der Waals surface area contributed by atoms with Crippen LogP contribution < -0.4 is 15.6 Å². The van der Waals surface area contributed by atoms with Gasteiger partial charge in [0.25, 0.3) is 11.8 Å². The van der Waals surface area contributed by atoms with Gasteiger partial charge in [0.15, 0.2) is 6.10 Å². The van der Waals surface area contributed by atoms with Crippen molar-refractivity contribution in [3.63, 3.8) is 0 Å². The second-order valence-corrected chi connectivity index (χ2v) is 5.84. The Hall–Kier alpha value is -3.40. The van der Waals surface area contributed by atoms with Crippen molar-refractivity contribution in [1.82, 2.24) is 10.9 Å². The number of nitrogens with zero attached hydrogens (tertiary/aromatic N) is 1. The van der Waals surface area contributed by atoms with Gasteiger partial charge in [-0.1, -0.05) is 26.0 Å². The monoisotopic (exact) mass is 355 g/mol. The summed E-state index contributed by atoms with van der Waals surface area (Å²) in [6, 6.07) is 13.5. The highest BCUT2D eigenvalue weighted by atomic mass is 19.1. The molecule has 6 nitrogen and oxygen atoms in total. The minimum absolute atomic E-state index is 0.198. The van der Waals surface area contributed by atoms with Crippen LogP contribution in [-0.4, -0.2) is 17.9 Å². The molecule has 2 aromatic carbocycles. The van der Waals surface area contributed by atoms with E-state index in [0.29, 0.717) is 5.56 Å². The van der Waals surface area contributed by atoms with E-state index in [4.69, 9.17) is 10.00 Å². The molecule has 2 aromatic rings. The van der Waals surface area contributed by atoms with Crippen LogP contribution in [0.1, 0.15) is 29.8 Å². The minimum atomic E-state index is -0.919. The molecule has 0 spiro atoms. The molecule has 0 aliphatic rings. The van der Waals surface area contributed by atoms with Crippen LogP contribution in [0.3, 0.4) is 0 Å². The Morgan fingerprint density at radius 1 is 1.08 bits per heavy atom. The van der Waals surface area contributed by atoms with Crippen LogP contribution in [0, 0.1) is 23.1 Å². The molecule has 0 bridgehead atoms. The van der Waals surface area contributed by atoms with E-state index in [9.17, 15) is 14.0 Å². The lowest BCUT2D eigenvalue weighted by Crippen LogP contribution is -2.49. The standard InChI is InChI=1S/C19H18FN3O3/c1-12(2)17(26-16-6-4-3-5-14(16)11-21)19(25)23-22-18(24)13-7-9-15(20)10-8-13/h3-10,12,17H,1-2H3,(H,22,24)(H,23,25). The maximum atomic E-state index is 12.9. The average molecular weight is 355 g/mol. The molecular formula is C19H18FN3O3. The number of hydrogen-bond acceptors (Lipinski definition) is 4. The molecule has 0 heterocycles. The molecule has 2 rings (SSSR count). The predicted octanol–water partition coefficient (Wildman–Crippen LogP) is 2.56. The number of nitrogens with one attached hydrogen (secondary N) is 2. The summed E-state index contributed by atoms with van der Waals surface area (Å²) in [6.45, 7) is 3.56. The first-order chi connectivity index (χ1) is 12.4. The van der Waals surface area contributed by atoms with E-state index >= 15 is 0 Å². The van der Waals surface area contributed by atoms with Gasteiger partial charge >= 0.3 is 0 Å². The summed E-state index contributed by atoms with van der Waals surface area (Å²) in [7, 11) is 0. The third-order valence-corrected chi connectivity index (χ3v) is 3.53. The Balaban J connectivity index is 2.03. The van der Waals surface area contributed by atoms with Crippen molar-refractivity contribution in [2.45, 2.75) is 20.0 Å². The Morgan fingerprint density at radius 2 is 1.73 bits per heavy atom. The van der Waals surface area contributed by atoms with Crippen LogP contribution in [0.15, 0.2) is 48.5 Å². The summed E-state index contributed by atoms with van der Waals surface area (Å²) in [6.07, 6.45) is -0.919. The Morgan fingerprint density at radius 3 is 2.35 bits per heavy atom. The molecule has 0 radical (unpaired) electrons. The van der Waals surface area contributed by atoms with Crippen molar-refractivity contribution >= 4 is 11.8 Å². The van der Waals surface area contributed by atoms with Gasteiger partial charge in [-0.2, -0.15) is 5.26 Å². The number of hydrazine groups is 1. The van der Waals surface area contributed by atoms with Crippen LogP contribution >= 0.6 is 0 Å².